The Morgan fingerprint density at radius 3 is 1.65 bits per heavy atom. The van der Waals surface area contributed by atoms with Gasteiger partial charge in [0, 0.05) is 5.54 Å². The minimum Gasteiger partial charge on any atom is -0.308 e. The summed E-state index contributed by atoms with van der Waals surface area (Å²) in [6.07, 6.45) is 0. The summed E-state index contributed by atoms with van der Waals surface area (Å²) >= 11 is 1.82. The molecule has 7 heteroatoms. The molecule has 0 N–H and O–H groups in total. The summed E-state index contributed by atoms with van der Waals surface area (Å²) in [7, 11) is -3.32. The highest BCUT2D eigenvalue weighted by molar-refractivity contribution is 14.1. The van der Waals surface area contributed by atoms with Gasteiger partial charge in [0.2, 0.25) is 0 Å². The molecule has 0 saturated carbocycles. The van der Waals surface area contributed by atoms with Gasteiger partial charge in [-0.1, -0.05) is 20.8 Å². The van der Waals surface area contributed by atoms with Crippen molar-refractivity contribution in [2.45, 2.75) is 66.7 Å². The standard InChI is InChI=1S/C13H29INO4P/c1-9-17-20(16,18-10-2)11(12(3,4)5)15(19-14)13(6,7)8/h11H,9-10H2,1-8H3. The van der Waals surface area contributed by atoms with Crippen LogP contribution in [0.4, 0.5) is 0 Å². The molecular formula is C13H29INO4P. The molecule has 0 bridgehead atoms. The maximum Gasteiger partial charge on any atom is 0.350 e. The Morgan fingerprint density at radius 1 is 1.05 bits per heavy atom. The molecule has 0 fully saturated rings. The molecule has 0 saturated heterocycles. The van der Waals surface area contributed by atoms with Crippen LogP contribution in [0.3, 0.4) is 0 Å². The average Bonchev–Trinajstić information content (AvgIpc) is 2.22. The highest BCUT2D eigenvalue weighted by Crippen LogP contribution is 2.60. The molecule has 0 spiro atoms. The van der Waals surface area contributed by atoms with Gasteiger partial charge in [0.05, 0.1) is 13.2 Å². The first-order chi connectivity index (χ1) is 8.94. The van der Waals surface area contributed by atoms with E-state index in [2.05, 4.69) is 0 Å². The Hall–Kier alpha value is 0.800. The van der Waals surface area contributed by atoms with Crippen LogP contribution in [-0.4, -0.2) is 29.6 Å². The molecule has 0 aromatic carbocycles. The molecule has 20 heavy (non-hydrogen) atoms. The zero-order valence-electron chi connectivity index (χ0n) is 13.9. The predicted molar refractivity (Wildman–Crippen MR) is 90.8 cm³/mol. The second kappa shape index (κ2) is 7.88. The van der Waals surface area contributed by atoms with Gasteiger partial charge in [-0.15, -0.1) is 0 Å². The van der Waals surface area contributed by atoms with Crippen molar-refractivity contribution in [2.75, 3.05) is 13.2 Å². The zero-order valence-corrected chi connectivity index (χ0v) is 16.9. The van der Waals surface area contributed by atoms with Crippen LogP contribution in [0.25, 0.3) is 0 Å². The van der Waals surface area contributed by atoms with Crippen LogP contribution in [0.15, 0.2) is 0 Å². The predicted octanol–water partition coefficient (Wildman–Crippen LogP) is 5.01. The molecule has 0 heterocycles. The molecule has 5 nitrogen and oxygen atoms in total. The lowest BCUT2D eigenvalue weighted by Gasteiger charge is -2.46. The zero-order chi connectivity index (χ0) is 16.2. The van der Waals surface area contributed by atoms with Gasteiger partial charge in [0.15, 0.2) is 0 Å². The Kier molecular flexibility index (Phi) is 8.20. The summed E-state index contributed by atoms with van der Waals surface area (Å²) in [4.78, 5) is 0. The van der Waals surface area contributed by atoms with E-state index in [4.69, 9.17) is 12.2 Å². The summed E-state index contributed by atoms with van der Waals surface area (Å²) in [5, 5.41) is 1.72. The number of hydrogen-bond donors (Lipinski definition) is 0. The van der Waals surface area contributed by atoms with Gasteiger partial charge in [-0.05, 0) is 40.0 Å². The summed E-state index contributed by atoms with van der Waals surface area (Å²) in [6.45, 7) is 16.4. The fourth-order valence-corrected chi connectivity index (χ4v) is 5.68. The van der Waals surface area contributed by atoms with Crippen molar-refractivity contribution in [3.63, 3.8) is 0 Å². The quantitative estimate of drug-likeness (QED) is 0.329. The molecule has 0 aromatic heterocycles. The highest BCUT2D eigenvalue weighted by Gasteiger charge is 2.51. The molecule has 0 aliphatic heterocycles. The average molecular weight is 421 g/mol. The van der Waals surface area contributed by atoms with Crippen LogP contribution in [0.1, 0.15) is 55.4 Å². The fourth-order valence-electron chi connectivity index (χ4n) is 2.00. The third kappa shape index (κ3) is 5.54. The first-order valence-electron chi connectivity index (χ1n) is 6.90. The number of hydroxylamine groups is 2. The van der Waals surface area contributed by atoms with Crippen molar-refractivity contribution in [3.8, 4) is 0 Å². The van der Waals surface area contributed by atoms with Crippen molar-refractivity contribution in [1.29, 1.82) is 0 Å². The molecule has 0 aliphatic carbocycles. The topological polar surface area (TPSA) is 48.0 Å². The first-order valence-corrected chi connectivity index (χ1v) is 9.40. The van der Waals surface area contributed by atoms with Crippen LogP contribution in [0.2, 0.25) is 0 Å². The normalized spacial score (nSPS) is 15.7. The van der Waals surface area contributed by atoms with E-state index in [0.29, 0.717) is 13.2 Å². The molecule has 0 amide bonds. The maximum atomic E-state index is 13.2. The molecule has 0 aliphatic rings. The molecule has 0 radical (unpaired) electrons. The lowest BCUT2D eigenvalue weighted by molar-refractivity contribution is -0.132. The van der Waals surface area contributed by atoms with Crippen molar-refractivity contribution >= 4 is 30.6 Å². The van der Waals surface area contributed by atoms with Crippen LogP contribution in [0, 0.1) is 5.41 Å². The van der Waals surface area contributed by atoms with Crippen LogP contribution < -0.4 is 0 Å². The Labute approximate surface area is 137 Å². The van der Waals surface area contributed by atoms with E-state index < -0.39 is 13.4 Å². The van der Waals surface area contributed by atoms with Gasteiger partial charge < -0.3 is 9.05 Å². The van der Waals surface area contributed by atoms with Crippen LogP contribution >= 0.6 is 30.6 Å². The Balaban J connectivity index is 5.82. The second-order valence-electron chi connectivity index (χ2n) is 6.68. The van der Waals surface area contributed by atoms with E-state index >= 15 is 0 Å². The van der Waals surface area contributed by atoms with Gasteiger partial charge >= 0.3 is 7.60 Å². The van der Waals surface area contributed by atoms with E-state index in [-0.39, 0.29) is 11.0 Å². The Morgan fingerprint density at radius 2 is 1.45 bits per heavy atom. The van der Waals surface area contributed by atoms with Gasteiger partial charge in [0.1, 0.15) is 28.8 Å². The van der Waals surface area contributed by atoms with E-state index in [1.807, 2.05) is 78.4 Å². The van der Waals surface area contributed by atoms with Gasteiger partial charge in [-0.25, -0.2) is 3.17 Å². The highest BCUT2D eigenvalue weighted by atomic mass is 127. The SMILES string of the molecule is CCOP(=O)(OCC)C(N(OI)C(C)(C)C)C(C)(C)C. The number of nitrogens with zero attached hydrogens (tertiary/aromatic N) is 1. The summed E-state index contributed by atoms with van der Waals surface area (Å²) in [5.41, 5.74) is -0.665. The van der Waals surface area contributed by atoms with Crippen LogP contribution in [-0.2, 0) is 16.8 Å². The number of hydrogen-bond acceptors (Lipinski definition) is 5. The molecular weight excluding hydrogens is 392 g/mol. The molecule has 0 rings (SSSR count). The lowest BCUT2D eigenvalue weighted by Crippen LogP contribution is -2.52. The Bertz CT molecular complexity index is 328. The van der Waals surface area contributed by atoms with Crippen molar-refractivity contribution < 1.29 is 16.8 Å². The fraction of sp³-hybridized carbons (Fsp3) is 1.00. The summed E-state index contributed by atoms with van der Waals surface area (Å²) < 4.78 is 29.8. The molecule has 0 aromatic rings. The third-order valence-electron chi connectivity index (χ3n) is 2.65. The van der Waals surface area contributed by atoms with E-state index in [1.54, 1.807) is 5.06 Å². The van der Waals surface area contributed by atoms with E-state index in [1.165, 1.54) is 0 Å². The first kappa shape index (κ1) is 20.8. The van der Waals surface area contributed by atoms with Gasteiger partial charge in [-0.2, -0.15) is 5.06 Å². The van der Waals surface area contributed by atoms with E-state index in [0.717, 1.165) is 0 Å². The van der Waals surface area contributed by atoms with E-state index in [9.17, 15) is 4.57 Å². The van der Waals surface area contributed by atoms with Crippen LogP contribution in [0.5, 0.6) is 0 Å². The van der Waals surface area contributed by atoms with Crippen molar-refractivity contribution in [2.24, 2.45) is 5.41 Å². The summed E-state index contributed by atoms with van der Waals surface area (Å²) in [5.74, 6) is -0.494. The molecule has 122 valence electrons. The number of halogens is 1. The molecule has 1 atom stereocenters. The van der Waals surface area contributed by atoms with Crippen molar-refractivity contribution in [1.82, 2.24) is 5.06 Å². The second-order valence-corrected chi connectivity index (χ2v) is 9.16. The summed E-state index contributed by atoms with van der Waals surface area (Å²) in [6, 6.07) is 0. The van der Waals surface area contributed by atoms with Crippen molar-refractivity contribution in [3.05, 3.63) is 0 Å². The van der Waals surface area contributed by atoms with Gasteiger partial charge in [-0.3, -0.25) is 4.57 Å². The number of rotatable bonds is 7. The van der Waals surface area contributed by atoms with Gasteiger partial charge in [0.25, 0.3) is 0 Å². The minimum atomic E-state index is -3.32. The monoisotopic (exact) mass is 421 g/mol. The smallest absolute Gasteiger partial charge is 0.308 e. The maximum absolute atomic E-state index is 13.2. The lowest BCUT2D eigenvalue weighted by atomic mass is 9.94. The minimum absolute atomic E-state index is 0.330. The third-order valence-corrected chi connectivity index (χ3v) is 5.89. The molecule has 1 unspecified atom stereocenters. The largest absolute Gasteiger partial charge is 0.350 e.